The van der Waals surface area contributed by atoms with E-state index in [-0.39, 0.29) is 0 Å². The summed E-state index contributed by atoms with van der Waals surface area (Å²) in [4.78, 5) is 4.79. The van der Waals surface area contributed by atoms with Gasteiger partial charge in [-0.2, -0.15) is 0 Å². The maximum absolute atomic E-state index is 5.89. The van der Waals surface area contributed by atoms with Crippen molar-refractivity contribution in [3.8, 4) is 17.1 Å². The second kappa shape index (κ2) is 5.13. The number of aryl methyl sites for hydroxylation is 2. The van der Waals surface area contributed by atoms with Crippen molar-refractivity contribution in [1.29, 1.82) is 0 Å². The lowest BCUT2D eigenvalue weighted by atomic mass is 10.2. The number of aromatic nitrogens is 2. The van der Waals surface area contributed by atoms with Crippen LogP contribution in [0.3, 0.4) is 0 Å². The van der Waals surface area contributed by atoms with Crippen LogP contribution in [0.2, 0.25) is 0 Å². The van der Waals surface area contributed by atoms with E-state index in [1.807, 2.05) is 18.2 Å². The van der Waals surface area contributed by atoms with Crippen molar-refractivity contribution in [2.75, 3.05) is 12.8 Å². The molecule has 3 rings (SSSR count). The van der Waals surface area contributed by atoms with Gasteiger partial charge in [-0.15, -0.1) is 0 Å². The third-order valence-electron chi connectivity index (χ3n) is 3.71. The van der Waals surface area contributed by atoms with Crippen molar-refractivity contribution in [1.82, 2.24) is 9.55 Å². The third kappa shape index (κ3) is 2.23. The minimum atomic E-state index is 0.635. The van der Waals surface area contributed by atoms with E-state index in [2.05, 4.69) is 36.6 Å². The number of nitrogen functional groups attached to an aromatic ring is 1. The largest absolute Gasteiger partial charge is 0.495 e. The topological polar surface area (TPSA) is 53.1 Å². The molecular weight excluding hydrogens is 262 g/mol. The Balaban J connectivity index is 2.24. The highest BCUT2D eigenvalue weighted by Crippen LogP contribution is 2.30. The van der Waals surface area contributed by atoms with Gasteiger partial charge in [0.1, 0.15) is 11.6 Å². The zero-order chi connectivity index (χ0) is 15.0. The van der Waals surface area contributed by atoms with Gasteiger partial charge in [0, 0.05) is 12.1 Å². The molecule has 0 radical (unpaired) electrons. The first-order chi connectivity index (χ1) is 10.1. The molecule has 0 spiro atoms. The maximum atomic E-state index is 5.89. The fraction of sp³-hybridized carbons (Fsp3) is 0.235. The number of methoxy groups -OCH3 is 1. The summed E-state index contributed by atoms with van der Waals surface area (Å²) in [5.41, 5.74) is 10.9. The Bertz CT molecular complexity index is 805. The lowest BCUT2D eigenvalue weighted by Crippen LogP contribution is -1.99. The first-order valence-corrected chi connectivity index (χ1v) is 7.04. The number of fused-ring (bicyclic) bond motifs is 1. The van der Waals surface area contributed by atoms with Crippen LogP contribution in [0, 0.1) is 6.92 Å². The quantitative estimate of drug-likeness (QED) is 0.746. The summed E-state index contributed by atoms with van der Waals surface area (Å²) in [6.45, 7) is 5.07. The van der Waals surface area contributed by atoms with Crippen LogP contribution in [-0.2, 0) is 6.54 Å². The molecule has 0 amide bonds. The summed E-state index contributed by atoms with van der Waals surface area (Å²) in [5, 5.41) is 0. The van der Waals surface area contributed by atoms with E-state index in [9.17, 15) is 0 Å². The SMILES string of the molecule is CCn1c(-c2ccc(N)c(OC)c2)nc2cc(C)ccc21. The number of hydrogen-bond donors (Lipinski definition) is 1. The standard InChI is InChI=1S/C17H19N3O/c1-4-20-15-8-5-11(2)9-14(15)19-17(20)12-6-7-13(18)16(10-12)21-3/h5-10H,4,18H2,1-3H3. The second-order valence-electron chi connectivity index (χ2n) is 5.13. The fourth-order valence-electron chi connectivity index (χ4n) is 2.63. The Labute approximate surface area is 124 Å². The van der Waals surface area contributed by atoms with Crippen molar-refractivity contribution < 1.29 is 4.74 Å². The molecule has 4 heteroatoms. The van der Waals surface area contributed by atoms with Gasteiger partial charge in [-0.05, 0) is 49.7 Å². The highest BCUT2D eigenvalue weighted by atomic mass is 16.5. The molecule has 0 atom stereocenters. The lowest BCUT2D eigenvalue weighted by molar-refractivity contribution is 0.417. The van der Waals surface area contributed by atoms with Crippen LogP contribution in [0.1, 0.15) is 12.5 Å². The van der Waals surface area contributed by atoms with Gasteiger partial charge >= 0.3 is 0 Å². The zero-order valence-electron chi connectivity index (χ0n) is 12.6. The Morgan fingerprint density at radius 1 is 1.19 bits per heavy atom. The van der Waals surface area contributed by atoms with Crippen molar-refractivity contribution in [3.05, 3.63) is 42.0 Å². The molecule has 21 heavy (non-hydrogen) atoms. The van der Waals surface area contributed by atoms with Gasteiger partial charge in [-0.25, -0.2) is 4.98 Å². The van der Waals surface area contributed by atoms with Crippen LogP contribution < -0.4 is 10.5 Å². The first kappa shape index (κ1) is 13.5. The molecule has 1 heterocycles. The number of rotatable bonds is 3. The summed E-state index contributed by atoms with van der Waals surface area (Å²) >= 11 is 0. The zero-order valence-corrected chi connectivity index (χ0v) is 12.6. The molecule has 0 aliphatic carbocycles. The van der Waals surface area contributed by atoms with Gasteiger partial charge in [0.15, 0.2) is 0 Å². The monoisotopic (exact) mass is 281 g/mol. The molecule has 0 bridgehead atoms. The van der Waals surface area contributed by atoms with Gasteiger partial charge in [0.25, 0.3) is 0 Å². The van der Waals surface area contributed by atoms with E-state index in [1.165, 1.54) is 5.56 Å². The van der Waals surface area contributed by atoms with E-state index in [1.54, 1.807) is 7.11 Å². The number of benzene rings is 2. The molecule has 108 valence electrons. The van der Waals surface area contributed by atoms with Crippen molar-refractivity contribution in [2.45, 2.75) is 20.4 Å². The van der Waals surface area contributed by atoms with E-state index in [4.69, 9.17) is 15.5 Å². The number of nitrogens with zero attached hydrogens (tertiary/aromatic N) is 2. The van der Waals surface area contributed by atoms with E-state index < -0.39 is 0 Å². The highest BCUT2D eigenvalue weighted by Gasteiger charge is 2.13. The number of imidazole rings is 1. The molecule has 3 aromatic rings. The summed E-state index contributed by atoms with van der Waals surface area (Å²) in [6, 6.07) is 12.1. The van der Waals surface area contributed by atoms with E-state index in [0.29, 0.717) is 11.4 Å². The lowest BCUT2D eigenvalue weighted by Gasteiger charge is -2.09. The highest BCUT2D eigenvalue weighted by molar-refractivity contribution is 5.82. The molecule has 0 saturated carbocycles. The molecule has 0 aliphatic rings. The summed E-state index contributed by atoms with van der Waals surface area (Å²) in [6.07, 6.45) is 0. The number of ether oxygens (including phenoxy) is 1. The maximum Gasteiger partial charge on any atom is 0.142 e. The summed E-state index contributed by atoms with van der Waals surface area (Å²) in [5.74, 6) is 1.62. The second-order valence-corrected chi connectivity index (χ2v) is 5.13. The van der Waals surface area contributed by atoms with Gasteiger partial charge in [-0.3, -0.25) is 0 Å². The molecule has 2 N–H and O–H groups in total. The van der Waals surface area contributed by atoms with E-state index in [0.717, 1.165) is 29.0 Å². The smallest absolute Gasteiger partial charge is 0.142 e. The molecule has 0 saturated heterocycles. The number of anilines is 1. The van der Waals surface area contributed by atoms with E-state index >= 15 is 0 Å². The van der Waals surface area contributed by atoms with Gasteiger partial charge in [0.2, 0.25) is 0 Å². The molecule has 0 unspecified atom stereocenters. The van der Waals surface area contributed by atoms with Crippen molar-refractivity contribution >= 4 is 16.7 Å². The summed E-state index contributed by atoms with van der Waals surface area (Å²) < 4.78 is 7.52. The fourth-order valence-corrected chi connectivity index (χ4v) is 2.63. The predicted octanol–water partition coefficient (Wildman–Crippen LogP) is 3.62. The Morgan fingerprint density at radius 2 is 2.00 bits per heavy atom. The predicted molar refractivity (Wildman–Crippen MR) is 86.5 cm³/mol. The van der Waals surface area contributed by atoms with Gasteiger partial charge in [-0.1, -0.05) is 6.07 Å². The minimum absolute atomic E-state index is 0.635. The van der Waals surface area contributed by atoms with Crippen LogP contribution >= 0.6 is 0 Å². The van der Waals surface area contributed by atoms with Crippen LogP contribution in [0.4, 0.5) is 5.69 Å². The Kier molecular flexibility index (Phi) is 3.29. The van der Waals surface area contributed by atoms with Crippen LogP contribution in [0.5, 0.6) is 5.75 Å². The Morgan fingerprint density at radius 3 is 2.71 bits per heavy atom. The minimum Gasteiger partial charge on any atom is -0.495 e. The molecule has 0 fully saturated rings. The van der Waals surface area contributed by atoms with Crippen LogP contribution in [0.25, 0.3) is 22.4 Å². The number of hydrogen-bond acceptors (Lipinski definition) is 3. The number of nitrogens with two attached hydrogens (primary N) is 1. The molecule has 1 aromatic heterocycles. The molecule has 2 aromatic carbocycles. The van der Waals surface area contributed by atoms with Crippen LogP contribution in [-0.4, -0.2) is 16.7 Å². The van der Waals surface area contributed by atoms with Crippen molar-refractivity contribution in [3.63, 3.8) is 0 Å². The van der Waals surface area contributed by atoms with Crippen molar-refractivity contribution in [2.24, 2.45) is 0 Å². The average Bonchev–Trinajstić information content (AvgIpc) is 2.85. The average molecular weight is 281 g/mol. The molecule has 0 aliphatic heterocycles. The summed E-state index contributed by atoms with van der Waals surface area (Å²) in [7, 11) is 1.63. The first-order valence-electron chi connectivity index (χ1n) is 7.04. The van der Waals surface area contributed by atoms with Gasteiger partial charge in [0.05, 0.1) is 23.8 Å². The van der Waals surface area contributed by atoms with Crippen LogP contribution in [0.15, 0.2) is 36.4 Å². The molecular formula is C17H19N3O. The Hall–Kier alpha value is -2.49. The normalized spacial score (nSPS) is 11.0. The van der Waals surface area contributed by atoms with Gasteiger partial charge < -0.3 is 15.0 Å². The third-order valence-corrected chi connectivity index (χ3v) is 3.71. The molecule has 4 nitrogen and oxygen atoms in total.